The number of phenols is 1. The number of hydrogen-bond donors (Lipinski definition) is 2. The van der Waals surface area contributed by atoms with Gasteiger partial charge in [-0.3, -0.25) is 0 Å². The van der Waals surface area contributed by atoms with Crippen LogP contribution in [0.2, 0.25) is 0 Å². The Morgan fingerprint density at radius 2 is 2.11 bits per heavy atom. The third-order valence-electron chi connectivity index (χ3n) is 2.89. The fraction of sp³-hybridized carbons (Fsp3) is 0.133. The maximum Gasteiger partial charge on any atom is 0.123 e. The van der Waals surface area contributed by atoms with Gasteiger partial charge in [0, 0.05) is 16.6 Å². The van der Waals surface area contributed by atoms with Gasteiger partial charge < -0.3 is 10.4 Å². The molecule has 2 aromatic rings. The summed E-state index contributed by atoms with van der Waals surface area (Å²) in [6.07, 6.45) is 0. The van der Waals surface area contributed by atoms with Crippen molar-refractivity contribution in [2.24, 2.45) is 0 Å². The number of aromatic hydroxyl groups is 1. The van der Waals surface area contributed by atoms with Crippen LogP contribution in [0.3, 0.4) is 0 Å². The first kappa shape index (κ1) is 13.4. The second-order valence-electron chi connectivity index (χ2n) is 4.24. The van der Waals surface area contributed by atoms with E-state index in [4.69, 9.17) is 5.26 Å². The van der Waals surface area contributed by atoms with Crippen molar-refractivity contribution in [2.75, 3.05) is 5.32 Å². The topological polar surface area (TPSA) is 56.0 Å². The fourth-order valence-corrected chi connectivity index (χ4v) is 2.18. The number of nitrogens with zero attached hydrogens (tertiary/aromatic N) is 1. The monoisotopic (exact) mass is 316 g/mol. The first-order chi connectivity index (χ1) is 9.11. The van der Waals surface area contributed by atoms with Crippen molar-refractivity contribution in [3.8, 4) is 11.8 Å². The Labute approximate surface area is 120 Å². The highest BCUT2D eigenvalue weighted by Gasteiger charge is 2.06. The molecule has 3 nitrogen and oxygen atoms in total. The molecule has 0 aliphatic heterocycles. The molecule has 0 heterocycles. The molecule has 0 aliphatic rings. The molecule has 0 aliphatic carbocycles. The van der Waals surface area contributed by atoms with Gasteiger partial charge in [-0.25, -0.2) is 0 Å². The van der Waals surface area contributed by atoms with Crippen molar-refractivity contribution < 1.29 is 5.11 Å². The molecule has 0 spiro atoms. The first-order valence-electron chi connectivity index (χ1n) is 5.83. The molecular weight excluding hydrogens is 304 g/mol. The molecule has 0 radical (unpaired) electrons. The molecule has 2 rings (SSSR count). The zero-order valence-electron chi connectivity index (χ0n) is 10.4. The van der Waals surface area contributed by atoms with Crippen LogP contribution in [-0.4, -0.2) is 5.11 Å². The highest BCUT2D eigenvalue weighted by atomic mass is 79.9. The molecule has 0 fully saturated rings. The van der Waals surface area contributed by atoms with Crippen molar-refractivity contribution in [1.82, 2.24) is 0 Å². The number of phenolic OH excluding ortho intramolecular Hbond substituents is 1. The summed E-state index contributed by atoms with van der Waals surface area (Å²) >= 11 is 3.34. The highest BCUT2D eigenvalue weighted by molar-refractivity contribution is 9.10. The van der Waals surface area contributed by atoms with Gasteiger partial charge in [0.2, 0.25) is 0 Å². The number of anilines is 1. The molecule has 2 N–H and O–H groups in total. The summed E-state index contributed by atoms with van der Waals surface area (Å²) < 4.78 is 0.869. The zero-order chi connectivity index (χ0) is 13.8. The van der Waals surface area contributed by atoms with E-state index in [0.29, 0.717) is 17.9 Å². The lowest BCUT2D eigenvalue weighted by Gasteiger charge is -2.11. The molecule has 0 atom stereocenters. The number of nitriles is 1. The first-order valence-corrected chi connectivity index (χ1v) is 6.62. The normalized spacial score (nSPS) is 9.95. The Balaban J connectivity index is 2.20. The van der Waals surface area contributed by atoms with Crippen molar-refractivity contribution in [2.45, 2.75) is 13.5 Å². The minimum absolute atomic E-state index is 0.297. The van der Waals surface area contributed by atoms with Gasteiger partial charge in [0.05, 0.1) is 11.3 Å². The van der Waals surface area contributed by atoms with Crippen LogP contribution in [0.4, 0.5) is 5.69 Å². The summed E-state index contributed by atoms with van der Waals surface area (Å²) in [5.74, 6) is 0.297. The van der Waals surface area contributed by atoms with Gasteiger partial charge in [-0.15, -0.1) is 0 Å². The smallest absolute Gasteiger partial charge is 0.123 e. The van der Waals surface area contributed by atoms with Crippen LogP contribution < -0.4 is 5.32 Å². The van der Waals surface area contributed by atoms with E-state index in [0.717, 1.165) is 21.3 Å². The molecule has 19 heavy (non-hydrogen) atoms. The molecule has 4 heteroatoms. The molecular formula is C15H13BrN2O. The Morgan fingerprint density at radius 3 is 2.84 bits per heavy atom. The van der Waals surface area contributed by atoms with E-state index < -0.39 is 0 Å². The number of aryl methyl sites for hydroxylation is 1. The summed E-state index contributed by atoms with van der Waals surface area (Å²) in [6, 6.07) is 13.2. The summed E-state index contributed by atoms with van der Waals surface area (Å²) in [4.78, 5) is 0. The predicted molar refractivity (Wildman–Crippen MR) is 79.0 cm³/mol. The molecule has 2 aromatic carbocycles. The van der Waals surface area contributed by atoms with Gasteiger partial charge in [0.25, 0.3) is 0 Å². The van der Waals surface area contributed by atoms with Crippen LogP contribution in [0.25, 0.3) is 0 Å². The minimum atomic E-state index is 0.297. The molecule has 0 aromatic heterocycles. The summed E-state index contributed by atoms with van der Waals surface area (Å²) in [5.41, 5.74) is 2.98. The van der Waals surface area contributed by atoms with Gasteiger partial charge in [-0.1, -0.05) is 34.1 Å². The Hall–Kier alpha value is -1.99. The van der Waals surface area contributed by atoms with Crippen LogP contribution in [0.5, 0.6) is 5.75 Å². The van der Waals surface area contributed by atoms with Crippen molar-refractivity contribution >= 4 is 21.6 Å². The van der Waals surface area contributed by atoms with Crippen LogP contribution in [0.1, 0.15) is 16.7 Å². The molecule has 0 bridgehead atoms. The number of halogens is 1. The SMILES string of the molecule is Cc1cccc(CNc2ccc(Br)cc2C#N)c1O. The average molecular weight is 317 g/mol. The van der Waals surface area contributed by atoms with Crippen molar-refractivity contribution in [3.05, 3.63) is 57.6 Å². The molecule has 0 saturated carbocycles. The highest BCUT2D eigenvalue weighted by Crippen LogP contribution is 2.24. The zero-order valence-corrected chi connectivity index (χ0v) is 12.0. The van der Waals surface area contributed by atoms with Crippen molar-refractivity contribution in [1.29, 1.82) is 5.26 Å². The second kappa shape index (κ2) is 5.77. The summed E-state index contributed by atoms with van der Waals surface area (Å²) in [6.45, 7) is 2.34. The van der Waals surface area contributed by atoms with E-state index in [1.165, 1.54) is 0 Å². The molecule has 0 saturated heterocycles. The predicted octanol–water partition coefficient (Wildman–Crippen LogP) is 3.95. The number of rotatable bonds is 3. The lowest BCUT2D eigenvalue weighted by atomic mass is 10.1. The fourth-order valence-electron chi connectivity index (χ4n) is 1.82. The van der Waals surface area contributed by atoms with Crippen LogP contribution >= 0.6 is 15.9 Å². The Bertz CT molecular complexity index is 647. The second-order valence-corrected chi connectivity index (χ2v) is 5.15. The molecule has 0 unspecified atom stereocenters. The van der Waals surface area contributed by atoms with E-state index in [2.05, 4.69) is 27.3 Å². The van der Waals surface area contributed by atoms with Crippen molar-refractivity contribution in [3.63, 3.8) is 0 Å². The lowest BCUT2D eigenvalue weighted by Crippen LogP contribution is -2.02. The van der Waals surface area contributed by atoms with E-state index in [9.17, 15) is 5.11 Å². The summed E-state index contributed by atoms with van der Waals surface area (Å²) in [5, 5.41) is 22.2. The standard InChI is InChI=1S/C15H13BrN2O/c1-10-3-2-4-11(15(10)19)9-18-14-6-5-13(16)7-12(14)8-17/h2-7,18-19H,9H2,1H3. The third kappa shape index (κ3) is 3.07. The number of hydrogen-bond acceptors (Lipinski definition) is 3. The third-order valence-corrected chi connectivity index (χ3v) is 3.39. The Kier molecular flexibility index (Phi) is 4.08. The van der Waals surface area contributed by atoms with Gasteiger partial charge in [-0.2, -0.15) is 5.26 Å². The molecule has 96 valence electrons. The largest absolute Gasteiger partial charge is 0.507 e. The lowest BCUT2D eigenvalue weighted by molar-refractivity contribution is 0.465. The summed E-state index contributed by atoms with van der Waals surface area (Å²) in [7, 11) is 0. The number of para-hydroxylation sites is 1. The van der Waals surface area contributed by atoms with Gasteiger partial charge in [-0.05, 0) is 30.7 Å². The Morgan fingerprint density at radius 1 is 1.32 bits per heavy atom. The maximum atomic E-state index is 9.93. The van der Waals surface area contributed by atoms with Gasteiger partial charge in [0.15, 0.2) is 0 Å². The van der Waals surface area contributed by atoms with Crippen LogP contribution in [0, 0.1) is 18.3 Å². The number of nitrogens with one attached hydrogen (secondary N) is 1. The quantitative estimate of drug-likeness (QED) is 0.901. The molecule has 0 amide bonds. The average Bonchev–Trinajstić information content (AvgIpc) is 2.41. The van der Waals surface area contributed by atoms with Crippen LogP contribution in [0.15, 0.2) is 40.9 Å². The van der Waals surface area contributed by atoms with E-state index in [1.54, 1.807) is 6.07 Å². The van der Waals surface area contributed by atoms with Crippen LogP contribution in [-0.2, 0) is 6.54 Å². The van der Waals surface area contributed by atoms with E-state index in [-0.39, 0.29) is 0 Å². The maximum absolute atomic E-state index is 9.93. The van der Waals surface area contributed by atoms with Gasteiger partial charge >= 0.3 is 0 Å². The van der Waals surface area contributed by atoms with E-state index >= 15 is 0 Å². The van der Waals surface area contributed by atoms with E-state index in [1.807, 2.05) is 37.3 Å². The van der Waals surface area contributed by atoms with Gasteiger partial charge in [0.1, 0.15) is 11.8 Å². The number of benzene rings is 2. The minimum Gasteiger partial charge on any atom is -0.507 e.